The van der Waals surface area contributed by atoms with E-state index in [1.807, 2.05) is 0 Å². The molecule has 0 aliphatic carbocycles. The molecule has 0 aromatic carbocycles. The van der Waals surface area contributed by atoms with E-state index >= 15 is 0 Å². The van der Waals surface area contributed by atoms with Crippen LogP contribution in [0.1, 0.15) is 6.92 Å². The van der Waals surface area contributed by atoms with Crippen LogP contribution in [0.5, 0.6) is 0 Å². The van der Waals surface area contributed by atoms with Crippen LogP contribution >= 0.6 is 12.4 Å². The minimum Gasteiger partial charge on any atom is -0.340 e. The molecule has 112 valence electrons. The van der Waals surface area contributed by atoms with E-state index < -0.39 is 10.5 Å². The zero-order chi connectivity index (χ0) is 14.6. The molecule has 2 N–H and O–H groups in total. The lowest BCUT2D eigenvalue weighted by Gasteiger charge is -2.23. The highest BCUT2D eigenvalue weighted by molar-refractivity contribution is 5.85. The van der Waals surface area contributed by atoms with E-state index in [0.29, 0.717) is 6.54 Å². The van der Waals surface area contributed by atoms with E-state index in [1.54, 1.807) is 14.0 Å². The molecule has 0 saturated heterocycles. The third-order valence-electron chi connectivity index (χ3n) is 2.88. The highest BCUT2D eigenvalue weighted by Crippen LogP contribution is 2.06. The van der Waals surface area contributed by atoms with Gasteiger partial charge in [0, 0.05) is 31.8 Å². The predicted molar refractivity (Wildman–Crippen MR) is 75.9 cm³/mol. The van der Waals surface area contributed by atoms with Crippen molar-refractivity contribution in [1.82, 2.24) is 9.47 Å². The summed E-state index contributed by atoms with van der Waals surface area (Å²) in [5.74, 6) is -0.333. The Morgan fingerprint density at radius 2 is 2.15 bits per heavy atom. The smallest absolute Gasteiger partial charge is 0.285 e. The maximum atomic E-state index is 11.9. The highest BCUT2D eigenvalue weighted by atomic mass is 35.5. The summed E-state index contributed by atoms with van der Waals surface area (Å²) in [6, 6.07) is 2.01. The van der Waals surface area contributed by atoms with Gasteiger partial charge in [0.2, 0.25) is 5.91 Å². The molecule has 8 nitrogen and oxygen atoms in total. The van der Waals surface area contributed by atoms with Crippen LogP contribution in [-0.2, 0) is 11.3 Å². The van der Waals surface area contributed by atoms with Gasteiger partial charge in [-0.25, -0.2) is 0 Å². The number of rotatable bonds is 5. The van der Waals surface area contributed by atoms with E-state index in [1.165, 1.54) is 4.90 Å². The second-order valence-electron chi connectivity index (χ2n) is 4.20. The number of likely N-dealkylation sites (N-methyl/N-ethyl adjacent to an activating group) is 1. The molecule has 0 aliphatic rings. The molecule has 0 radical (unpaired) electrons. The number of halogens is 1. The van der Waals surface area contributed by atoms with Crippen LogP contribution in [0.25, 0.3) is 0 Å². The van der Waals surface area contributed by atoms with Crippen molar-refractivity contribution in [2.45, 2.75) is 19.5 Å². The fourth-order valence-corrected chi connectivity index (χ4v) is 1.41. The fraction of sp³-hybridized carbons (Fsp3) is 0.455. The minimum atomic E-state index is -0.618. The highest BCUT2D eigenvalue weighted by Gasteiger charge is 2.16. The lowest BCUT2D eigenvalue weighted by molar-refractivity contribution is -0.385. The van der Waals surface area contributed by atoms with Crippen LogP contribution in [0.2, 0.25) is 0 Å². The molecule has 0 fully saturated rings. The van der Waals surface area contributed by atoms with Gasteiger partial charge in [-0.3, -0.25) is 24.3 Å². The van der Waals surface area contributed by atoms with E-state index in [2.05, 4.69) is 0 Å². The zero-order valence-corrected chi connectivity index (χ0v) is 12.0. The van der Waals surface area contributed by atoms with Crippen molar-refractivity contribution in [1.29, 1.82) is 0 Å². The Bertz CT molecular complexity index is 545. The first kappa shape index (κ1) is 18.1. The number of aromatic nitrogens is 1. The monoisotopic (exact) mass is 304 g/mol. The summed E-state index contributed by atoms with van der Waals surface area (Å²) in [5.41, 5.74) is 4.75. The molecule has 9 heteroatoms. The molecule has 0 bridgehead atoms. The van der Waals surface area contributed by atoms with Gasteiger partial charge in [-0.05, 0) is 6.92 Å². The van der Waals surface area contributed by atoms with Gasteiger partial charge < -0.3 is 10.6 Å². The van der Waals surface area contributed by atoms with Crippen molar-refractivity contribution >= 4 is 24.0 Å². The number of amides is 1. The van der Waals surface area contributed by atoms with Gasteiger partial charge >= 0.3 is 0 Å². The molecule has 1 amide bonds. The molecule has 1 unspecified atom stereocenters. The summed E-state index contributed by atoms with van der Waals surface area (Å²) in [6.07, 6.45) is 1.06. The summed E-state index contributed by atoms with van der Waals surface area (Å²) < 4.78 is 1.01. The second kappa shape index (κ2) is 7.61. The largest absolute Gasteiger partial charge is 0.340 e. The number of hydrogen-bond acceptors (Lipinski definition) is 5. The lowest BCUT2D eigenvalue weighted by Crippen LogP contribution is -2.42. The summed E-state index contributed by atoms with van der Waals surface area (Å²) in [5, 5.41) is 10.6. The van der Waals surface area contributed by atoms with E-state index in [9.17, 15) is 19.7 Å². The van der Waals surface area contributed by atoms with E-state index in [-0.39, 0.29) is 36.6 Å². The third kappa shape index (κ3) is 4.32. The normalized spacial score (nSPS) is 11.3. The maximum absolute atomic E-state index is 11.9. The third-order valence-corrected chi connectivity index (χ3v) is 2.88. The number of carbonyl (C=O) groups is 1. The van der Waals surface area contributed by atoms with Crippen molar-refractivity contribution < 1.29 is 9.72 Å². The van der Waals surface area contributed by atoms with Crippen molar-refractivity contribution in [3.8, 4) is 0 Å². The Kier molecular flexibility index (Phi) is 6.87. The van der Waals surface area contributed by atoms with Crippen molar-refractivity contribution in [3.63, 3.8) is 0 Å². The maximum Gasteiger partial charge on any atom is 0.285 e. The summed E-state index contributed by atoms with van der Waals surface area (Å²) in [7, 11) is 1.57. The summed E-state index contributed by atoms with van der Waals surface area (Å²) in [6.45, 7) is 1.82. The molecule has 1 atom stereocenters. The quantitative estimate of drug-likeness (QED) is 0.607. The molecule has 1 aromatic rings. The Balaban J connectivity index is 0.00000361. The number of pyridine rings is 1. The van der Waals surface area contributed by atoms with Crippen LogP contribution in [0, 0.1) is 10.1 Å². The van der Waals surface area contributed by atoms with Gasteiger partial charge in [0.15, 0.2) is 0 Å². The van der Waals surface area contributed by atoms with Crippen LogP contribution in [0.4, 0.5) is 5.69 Å². The Morgan fingerprint density at radius 3 is 2.65 bits per heavy atom. The number of hydrogen-bond donors (Lipinski definition) is 1. The van der Waals surface area contributed by atoms with Crippen LogP contribution in [-0.4, -0.2) is 39.9 Å². The van der Waals surface area contributed by atoms with Gasteiger partial charge in [-0.2, -0.15) is 0 Å². The Hall–Kier alpha value is -1.93. The first-order chi connectivity index (χ1) is 8.86. The van der Waals surface area contributed by atoms with Gasteiger partial charge in [-0.15, -0.1) is 12.4 Å². The molecule has 20 heavy (non-hydrogen) atoms. The molecular formula is C11H17ClN4O4. The predicted octanol–water partition coefficient (Wildman–Crippen LogP) is -0.0161. The first-order valence-electron chi connectivity index (χ1n) is 5.67. The minimum absolute atomic E-state index is 0. The van der Waals surface area contributed by atoms with Gasteiger partial charge in [0.25, 0.3) is 11.2 Å². The van der Waals surface area contributed by atoms with Gasteiger partial charge in [0.1, 0.15) is 6.54 Å². The lowest BCUT2D eigenvalue weighted by atomic mass is 10.3. The van der Waals surface area contributed by atoms with Crippen molar-refractivity contribution in [2.24, 2.45) is 5.73 Å². The topological polar surface area (TPSA) is 111 Å². The van der Waals surface area contributed by atoms with Crippen molar-refractivity contribution in [2.75, 3.05) is 13.6 Å². The average molecular weight is 305 g/mol. The first-order valence-corrected chi connectivity index (χ1v) is 5.67. The van der Waals surface area contributed by atoms with Gasteiger partial charge in [-0.1, -0.05) is 0 Å². The Labute approximate surface area is 121 Å². The van der Waals surface area contributed by atoms with Crippen LogP contribution in [0.15, 0.2) is 23.1 Å². The fourth-order valence-electron chi connectivity index (χ4n) is 1.41. The number of carbonyl (C=O) groups excluding carboxylic acids is 1. The molecule has 1 heterocycles. The molecule has 1 rings (SSSR count). The Morgan fingerprint density at radius 1 is 1.55 bits per heavy atom. The zero-order valence-electron chi connectivity index (χ0n) is 11.2. The second-order valence-corrected chi connectivity index (χ2v) is 4.20. The summed E-state index contributed by atoms with van der Waals surface area (Å²) in [4.78, 5) is 34.8. The van der Waals surface area contributed by atoms with E-state index in [4.69, 9.17) is 5.73 Å². The average Bonchev–Trinajstić information content (AvgIpc) is 2.38. The standard InChI is InChI=1S/C11H16N4O4.ClH/c1-8(5-12)13(2)11(17)7-14-6-9(15(18)19)3-4-10(14)16;/h3-4,6,8H,5,7,12H2,1-2H3;1H. The molecule has 1 aromatic heterocycles. The van der Waals surface area contributed by atoms with Gasteiger partial charge in [0.05, 0.1) is 11.1 Å². The molecular weight excluding hydrogens is 288 g/mol. The molecule has 0 saturated carbocycles. The number of nitro groups is 1. The summed E-state index contributed by atoms with van der Waals surface area (Å²) >= 11 is 0. The SMILES string of the molecule is CC(CN)N(C)C(=O)Cn1cc([N+](=O)[O-])ccc1=O.Cl. The number of nitrogens with two attached hydrogens (primary N) is 1. The van der Waals surface area contributed by atoms with Crippen LogP contribution < -0.4 is 11.3 Å². The molecule has 0 aliphatic heterocycles. The van der Waals surface area contributed by atoms with Crippen molar-refractivity contribution in [3.05, 3.63) is 38.8 Å². The van der Waals surface area contributed by atoms with Crippen LogP contribution in [0.3, 0.4) is 0 Å². The number of nitrogens with zero attached hydrogens (tertiary/aromatic N) is 3. The molecule has 0 spiro atoms. The van der Waals surface area contributed by atoms with E-state index in [0.717, 1.165) is 22.9 Å².